The maximum atomic E-state index is 12.5. The first-order valence-electron chi connectivity index (χ1n) is 14.4. The van der Waals surface area contributed by atoms with Crippen molar-refractivity contribution in [3.63, 3.8) is 0 Å². The molecule has 230 valence electrons. The Morgan fingerprint density at radius 1 is 0.977 bits per heavy atom. The molecule has 0 bridgehead atoms. The van der Waals surface area contributed by atoms with Gasteiger partial charge < -0.3 is 24.4 Å². The second-order valence-electron chi connectivity index (χ2n) is 12.7. The summed E-state index contributed by atoms with van der Waals surface area (Å²) in [6, 6.07) is 8.76. The Morgan fingerprint density at radius 2 is 1.70 bits per heavy atom. The van der Waals surface area contributed by atoms with Crippen LogP contribution in [0.4, 0.5) is 27.0 Å². The number of nitrogens with one attached hydrogen (secondary N) is 2. The molecule has 1 aliphatic heterocycles. The minimum atomic E-state index is -0.520. The standard InChI is InChI=1S/C30H35N9O4S/c1-29(2,3)22-15-23(36-43-22)34-26(40)32-19-9-7-18(8-10-19)20-17-39-21-16-31-25(35-24(21)44-27(39)33-20)37-11-13-38(14-12-37)28(41)42-30(4,5)6/h7-10,15-17H,11-14H2,1-6H3,(H2,32,34,36,40). The van der Waals surface area contributed by atoms with E-state index in [1.807, 2.05) is 82.6 Å². The number of imidazole rings is 1. The molecule has 0 saturated carbocycles. The lowest BCUT2D eigenvalue weighted by Crippen LogP contribution is -2.50. The molecule has 4 aromatic heterocycles. The van der Waals surface area contributed by atoms with Crippen LogP contribution in [-0.2, 0) is 10.2 Å². The number of aromatic nitrogens is 5. The van der Waals surface area contributed by atoms with Crippen LogP contribution in [0.25, 0.3) is 26.6 Å². The molecule has 44 heavy (non-hydrogen) atoms. The van der Waals surface area contributed by atoms with Gasteiger partial charge in [-0.15, -0.1) is 0 Å². The summed E-state index contributed by atoms with van der Waals surface area (Å²) in [7, 11) is 0. The fraction of sp³-hybridized carbons (Fsp3) is 0.400. The fourth-order valence-corrected chi connectivity index (χ4v) is 5.63. The third kappa shape index (κ3) is 6.30. The number of carbonyl (C=O) groups is 2. The van der Waals surface area contributed by atoms with E-state index in [2.05, 4.69) is 25.7 Å². The summed E-state index contributed by atoms with van der Waals surface area (Å²) in [5.74, 6) is 1.68. The highest BCUT2D eigenvalue weighted by Crippen LogP contribution is 2.30. The first kappa shape index (κ1) is 29.4. The van der Waals surface area contributed by atoms with Crippen LogP contribution in [0.1, 0.15) is 47.3 Å². The van der Waals surface area contributed by atoms with Crippen LogP contribution in [0.2, 0.25) is 0 Å². The molecule has 2 N–H and O–H groups in total. The minimum absolute atomic E-state index is 0.203. The predicted molar refractivity (Wildman–Crippen MR) is 169 cm³/mol. The average Bonchev–Trinajstić information content (AvgIpc) is 3.67. The topological polar surface area (TPSA) is 143 Å². The first-order valence-corrected chi connectivity index (χ1v) is 15.2. The lowest BCUT2D eigenvalue weighted by atomic mass is 9.93. The van der Waals surface area contributed by atoms with Gasteiger partial charge in [0.25, 0.3) is 0 Å². The third-order valence-electron chi connectivity index (χ3n) is 6.99. The van der Waals surface area contributed by atoms with E-state index in [4.69, 9.17) is 19.2 Å². The minimum Gasteiger partial charge on any atom is -0.444 e. The van der Waals surface area contributed by atoms with Gasteiger partial charge in [0.1, 0.15) is 21.7 Å². The van der Waals surface area contributed by atoms with E-state index >= 15 is 0 Å². The average molecular weight is 618 g/mol. The van der Waals surface area contributed by atoms with Crippen LogP contribution in [0.5, 0.6) is 0 Å². The number of amides is 3. The molecule has 5 aromatic rings. The van der Waals surface area contributed by atoms with Crippen LogP contribution >= 0.6 is 11.3 Å². The monoisotopic (exact) mass is 617 g/mol. The quantitative estimate of drug-likeness (QED) is 0.248. The number of rotatable bonds is 4. The van der Waals surface area contributed by atoms with Gasteiger partial charge in [0.2, 0.25) is 5.95 Å². The van der Waals surface area contributed by atoms with Crippen molar-refractivity contribution in [2.75, 3.05) is 41.7 Å². The lowest BCUT2D eigenvalue weighted by Gasteiger charge is -2.35. The molecule has 13 nitrogen and oxygen atoms in total. The van der Waals surface area contributed by atoms with Gasteiger partial charge in [-0.05, 0) is 32.9 Å². The number of anilines is 3. The Kier molecular flexibility index (Phi) is 7.40. The van der Waals surface area contributed by atoms with E-state index in [1.165, 1.54) is 11.3 Å². The van der Waals surface area contributed by atoms with Crippen LogP contribution in [0.3, 0.4) is 0 Å². The second-order valence-corrected chi connectivity index (χ2v) is 13.6. The Hall–Kier alpha value is -4.72. The normalized spacial score (nSPS) is 14.3. The first-order chi connectivity index (χ1) is 20.8. The molecular weight excluding hydrogens is 582 g/mol. The smallest absolute Gasteiger partial charge is 0.410 e. The van der Waals surface area contributed by atoms with Gasteiger partial charge in [-0.1, -0.05) is 49.4 Å². The summed E-state index contributed by atoms with van der Waals surface area (Å²) in [4.78, 5) is 44.6. The van der Waals surface area contributed by atoms with Crippen LogP contribution < -0.4 is 15.5 Å². The largest absolute Gasteiger partial charge is 0.444 e. The van der Waals surface area contributed by atoms with Crippen molar-refractivity contribution in [1.29, 1.82) is 0 Å². The zero-order valence-electron chi connectivity index (χ0n) is 25.5. The maximum absolute atomic E-state index is 12.5. The number of piperazine rings is 1. The summed E-state index contributed by atoms with van der Waals surface area (Å²) < 4.78 is 12.8. The molecule has 0 unspecified atom stereocenters. The molecule has 14 heteroatoms. The van der Waals surface area contributed by atoms with Crippen LogP contribution in [-0.4, -0.2) is 73.3 Å². The van der Waals surface area contributed by atoms with E-state index in [1.54, 1.807) is 11.0 Å². The number of urea groups is 1. The van der Waals surface area contributed by atoms with Crippen molar-refractivity contribution in [1.82, 2.24) is 29.4 Å². The number of hydrogen-bond donors (Lipinski definition) is 2. The van der Waals surface area contributed by atoms with Crippen LogP contribution in [0.15, 0.2) is 47.2 Å². The van der Waals surface area contributed by atoms with Crippen LogP contribution in [0, 0.1) is 0 Å². The van der Waals surface area contributed by atoms with Gasteiger partial charge in [-0.25, -0.2) is 24.5 Å². The van der Waals surface area contributed by atoms with Gasteiger partial charge in [-0.2, -0.15) is 0 Å². The molecule has 0 radical (unpaired) electrons. The molecule has 1 saturated heterocycles. The number of benzene rings is 1. The zero-order valence-corrected chi connectivity index (χ0v) is 26.4. The van der Waals surface area contributed by atoms with E-state index < -0.39 is 11.6 Å². The second kappa shape index (κ2) is 11.1. The number of nitrogens with zero attached hydrogens (tertiary/aromatic N) is 7. The highest BCUT2D eigenvalue weighted by molar-refractivity contribution is 7.23. The molecule has 5 heterocycles. The number of thiazole rings is 1. The van der Waals surface area contributed by atoms with Gasteiger partial charge >= 0.3 is 12.1 Å². The van der Waals surface area contributed by atoms with E-state index in [0.29, 0.717) is 49.4 Å². The molecule has 0 atom stereocenters. The summed E-state index contributed by atoms with van der Waals surface area (Å²) >= 11 is 1.49. The predicted octanol–water partition coefficient (Wildman–Crippen LogP) is 5.99. The Labute approximate surface area is 258 Å². The zero-order chi connectivity index (χ0) is 31.2. The summed E-state index contributed by atoms with van der Waals surface area (Å²) in [5, 5.41) is 9.42. The number of ether oxygens (including phenoxy) is 1. The Balaban J connectivity index is 1.09. The van der Waals surface area contributed by atoms with E-state index in [9.17, 15) is 9.59 Å². The third-order valence-corrected chi connectivity index (χ3v) is 7.95. The summed E-state index contributed by atoms with van der Waals surface area (Å²) in [6.07, 6.45) is 3.49. The van der Waals surface area contributed by atoms with Crippen molar-refractivity contribution in [3.8, 4) is 11.3 Å². The molecule has 1 fully saturated rings. The van der Waals surface area contributed by atoms with Crippen molar-refractivity contribution in [3.05, 3.63) is 48.5 Å². The van der Waals surface area contributed by atoms with Crippen molar-refractivity contribution >= 4 is 56.2 Å². The molecular formula is C30H35N9O4S. The molecule has 3 amide bonds. The van der Waals surface area contributed by atoms with Gasteiger partial charge in [0.05, 0.1) is 11.9 Å². The van der Waals surface area contributed by atoms with E-state index in [0.717, 1.165) is 26.6 Å². The highest BCUT2D eigenvalue weighted by atomic mass is 32.1. The number of fused-ring (bicyclic) bond motifs is 3. The van der Waals surface area contributed by atoms with Gasteiger partial charge in [0, 0.05) is 55.1 Å². The SMILES string of the molecule is CC(C)(C)OC(=O)N1CCN(c2ncc3c(n2)sc2nc(-c4ccc(NC(=O)Nc5cc(C(C)(C)C)on5)cc4)cn23)CC1. The van der Waals surface area contributed by atoms with Gasteiger partial charge in [0.15, 0.2) is 10.8 Å². The lowest BCUT2D eigenvalue weighted by molar-refractivity contribution is 0.0240. The maximum Gasteiger partial charge on any atom is 0.410 e. The van der Waals surface area contributed by atoms with Gasteiger partial charge in [-0.3, -0.25) is 9.72 Å². The molecule has 1 aromatic carbocycles. The molecule has 1 aliphatic rings. The van der Waals surface area contributed by atoms with Crippen molar-refractivity contribution in [2.45, 2.75) is 52.6 Å². The Morgan fingerprint density at radius 3 is 2.36 bits per heavy atom. The Bertz CT molecular complexity index is 1820. The summed E-state index contributed by atoms with van der Waals surface area (Å²) in [6.45, 7) is 14.0. The summed E-state index contributed by atoms with van der Waals surface area (Å²) in [5.41, 5.74) is 2.49. The van der Waals surface area contributed by atoms with Crippen molar-refractivity contribution in [2.24, 2.45) is 0 Å². The highest BCUT2D eigenvalue weighted by Gasteiger charge is 2.27. The number of carbonyl (C=O) groups excluding carboxylic acids is 2. The molecule has 0 spiro atoms. The molecule has 0 aliphatic carbocycles. The van der Waals surface area contributed by atoms with E-state index in [-0.39, 0.29) is 11.5 Å². The fourth-order valence-electron chi connectivity index (χ4n) is 4.68. The molecule has 6 rings (SSSR count). The van der Waals surface area contributed by atoms with Crippen molar-refractivity contribution < 1.29 is 18.8 Å². The number of hydrogen-bond acceptors (Lipinski definition) is 10.